The Hall–Kier alpha value is -2.74. The number of benzene rings is 3. The molecule has 3 rings (SSSR count). The highest BCUT2D eigenvalue weighted by Gasteiger charge is 2.09. The first-order valence-corrected chi connectivity index (χ1v) is 8.22. The van der Waals surface area contributed by atoms with E-state index >= 15 is 0 Å². The van der Waals surface area contributed by atoms with Gasteiger partial charge in [-0.1, -0.05) is 36.4 Å². The summed E-state index contributed by atoms with van der Waals surface area (Å²) in [5.74, 6) is 1.72. The first-order valence-electron chi connectivity index (χ1n) is 8.22. The Morgan fingerprint density at radius 2 is 1.12 bits per heavy atom. The summed E-state index contributed by atoms with van der Waals surface area (Å²) in [5.41, 5.74) is 7.16. The zero-order valence-electron chi connectivity index (χ0n) is 14.7. The molecule has 1 N–H and O–H groups in total. The molecule has 0 unspecified atom stereocenters. The standard InChI is InChI=1S/C22H23NO/c1-15-9-8-10-16(2)21(15)23-22-17(3)13-20(14-18(22)4)24-19-11-6-5-7-12-19/h5-14,23H,1-4H3. The molecule has 0 aliphatic carbocycles. The summed E-state index contributed by atoms with van der Waals surface area (Å²) >= 11 is 0. The van der Waals surface area contributed by atoms with Gasteiger partial charge in [0.25, 0.3) is 0 Å². The van der Waals surface area contributed by atoms with Crippen molar-refractivity contribution in [3.8, 4) is 11.5 Å². The lowest BCUT2D eigenvalue weighted by Gasteiger charge is -2.18. The molecule has 122 valence electrons. The maximum absolute atomic E-state index is 5.96. The van der Waals surface area contributed by atoms with Crippen LogP contribution in [0, 0.1) is 27.7 Å². The second kappa shape index (κ2) is 6.79. The Labute approximate surface area is 144 Å². The Morgan fingerprint density at radius 3 is 1.71 bits per heavy atom. The van der Waals surface area contributed by atoms with E-state index in [0.717, 1.165) is 17.2 Å². The van der Waals surface area contributed by atoms with Crippen LogP contribution in [0.4, 0.5) is 11.4 Å². The van der Waals surface area contributed by atoms with E-state index < -0.39 is 0 Å². The van der Waals surface area contributed by atoms with Gasteiger partial charge in [-0.15, -0.1) is 0 Å². The number of rotatable bonds is 4. The maximum Gasteiger partial charge on any atom is 0.128 e. The van der Waals surface area contributed by atoms with Gasteiger partial charge in [0.2, 0.25) is 0 Å². The van der Waals surface area contributed by atoms with Gasteiger partial charge in [-0.05, 0) is 74.2 Å². The van der Waals surface area contributed by atoms with E-state index in [2.05, 4.69) is 63.3 Å². The average Bonchev–Trinajstić information content (AvgIpc) is 2.54. The molecule has 24 heavy (non-hydrogen) atoms. The molecule has 0 saturated carbocycles. The van der Waals surface area contributed by atoms with E-state index in [4.69, 9.17) is 4.74 Å². The van der Waals surface area contributed by atoms with E-state index in [0.29, 0.717) is 0 Å². The minimum Gasteiger partial charge on any atom is -0.457 e. The van der Waals surface area contributed by atoms with E-state index in [9.17, 15) is 0 Å². The highest BCUT2D eigenvalue weighted by Crippen LogP contribution is 2.33. The highest BCUT2D eigenvalue weighted by molar-refractivity contribution is 5.72. The average molecular weight is 317 g/mol. The predicted molar refractivity (Wildman–Crippen MR) is 102 cm³/mol. The smallest absolute Gasteiger partial charge is 0.128 e. The van der Waals surface area contributed by atoms with E-state index in [-0.39, 0.29) is 0 Å². The Bertz CT molecular complexity index is 810. The SMILES string of the molecule is Cc1cccc(C)c1Nc1c(C)cc(Oc2ccccc2)cc1C. The maximum atomic E-state index is 5.96. The van der Waals surface area contributed by atoms with Gasteiger partial charge < -0.3 is 10.1 Å². The van der Waals surface area contributed by atoms with Crippen molar-refractivity contribution in [2.24, 2.45) is 0 Å². The Balaban J connectivity index is 1.90. The predicted octanol–water partition coefficient (Wildman–Crippen LogP) is 6.46. The van der Waals surface area contributed by atoms with Crippen LogP contribution in [0.15, 0.2) is 60.7 Å². The van der Waals surface area contributed by atoms with Crippen molar-refractivity contribution in [3.63, 3.8) is 0 Å². The van der Waals surface area contributed by atoms with E-state index in [1.54, 1.807) is 0 Å². The molecule has 0 aliphatic heterocycles. The molecule has 2 nitrogen and oxygen atoms in total. The molecule has 0 radical (unpaired) electrons. The third-order valence-electron chi connectivity index (χ3n) is 4.22. The van der Waals surface area contributed by atoms with Crippen molar-refractivity contribution >= 4 is 11.4 Å². The number of para-hydroxylation sites is 2. The molecule has 0 aliphatic rings. The van der Waals surface area contributed by atoms with Crippen LogP contribution in [0.5, 0.6) is 11.5 Å². The normalized spacial score (nSPS) is 10.5. The van der Waals surface area contributed by atoms with Crippen LogP contribution in [0.2, 0.25) is 0 Å². The monoisotopic (exact) mass is 317 g/mol. The molecule has 3 aromatic rings. The molecule has 0 heterocycles. The van der Waals surface area contributed by atoms with Gasteiger partial charge in [0.05, 0.1) is 0 Å². The number of aryl methyl sites for hydroxylation is 4. The fourth-order valence-electron chi connectivity index (χ4n) is 2.94. The van der Waals surface area contributed by atoms with Gasteiger partial charge in [-0.3, -0.25) is 0 Å². The quantitative estimate of drug-likeness (QED) is 0.596. The molecule has 3 aromatic carbocycles. The summed E-state index contributed by atoms with van der Waals surface area (Å²) in [6.45, 7) is 8.49. The van der Waals surface area contributed by atoms with Crippen molar-refractivity contribution in [1.29, 1.82) is 0 Å². The van der Waals surface area contributed by atoms with Crippen LogP contribution in [-0.2, 0) is 0 Å². The summed E-state index contributed by atoms with van der Waals surface area (Å²) in [6, 6.07) is 20.4. The lowest BCUT2D eigenvalue weighted by Crippen LogP contribution is -2.00. The number of nitrogens with one attached hydrogen (secondary N) is 1. The van der Waals surface area contributed by atoms with Crippen molar-refractivity contribution < 1.29 is 4.74 Å². The third-order valence-corrected chi connectivity index (χ3v) is 4.22. The third kappa shape index (κ3) is 3.43. The van der Waals surface area contributed by atoms with Crippen LogP contribution in [0.3, 0.4) is 0 Å². The zero-order chi connectivity index (χ0) is 17.1. The topological polar surface area (TPSA) is 21.3 Å². The van der Waals surface area contributed by atoms with Crippen molar-refractivity contribution in [3.05, 3.63) is 82.9 Å². The fourth-order valence-corrected chi connectivity index (χ4v) is 2.94. The molecule has 0 saturated heterocycles. The number of anilines is 2. The van der Waals surface area contributed by atoms with Gasteiger partial charge in [0, 0.05) is 11.4 Å². The van der Waals surface area contributed by atoms with Gasteiger partial charge in [0.15, 0.2) is 0 Å². The minimum atomic E-state index is 0.853. The largest absolute Gasteiger partial charge is 0.457 e. The number of hydrogen-bond donors (Lipinski definition) is 1. The Morgan fingerprint density at radius 1 is 0.583 bits per heavy atom. The van der Waals surface area contributed by atoms with Crippen molar-refractivity contribution in [2.75, 3.05) is 5.32 Å². The molecule has 0 fully saturated rings. The number of ether oxygens (including phenoxy) is 1. The highest BCUT2D eigenvalue weighted by atomic mass is 16.5. The second-order valence-electron chi connectivity index (χ2n) is 6.24. The second-order valence-corrected chi connectivity index (χ2v) is 6.24. The summed E-state index contributed by atoms with van der Waals surface area (Å²) in [5, 5.41) is 3.61. The van der Waals surface area contributed by atoms with Crippen molar-refractivity contribution in [1.82, 2.24) is 0 Å². The lowest BCUT2D eigenvalue weighted by atomic mass is 10.1. The molecule has 0 bridgehead atoms. The first kappa shape index (κ1) is 16.1. The first-order chi connectivity index (χ1) is 11.5. The van der Waals surface area contributed by atoms with E-state index in [1.165, 1.54) is 27.9 Å². The molecule has 0 amide bonds. The summed E-state index contributed by atoms with van der Waals surface area (Å²) in [7, 11) is 0. The van der Waals surface area contributed by atoms with Crippen molar-refractivity contribution in [2.45, 2.75) is 27.7 Å². The van der Waals surface area contributed by atoms with Gasteiger partial charge in [0.1, 0.15) is 11.5 Å². The van der Waals surface area contributed by atoms with Crippen LogP contribution in [0.25, 0.3) is 0 Å². The van der Waals surface area contributed by atoms with Crippen LogP contribution in [-0.4, -0.2) is 0 Å². The zero-order valence-corrected chi connectivity index (χ0v) is 14.7. The van der Waals surface area contributed by atoms with Gasteiger partial charge >= 0.3 is 0 Å². The van der Waals surface area contributed by atoms with Gasteiger partial charge in [-0.2, -0.15) is 0 Å². The summed E-state index contributed by atoms with van der Waals surface area (Å²) in [4.78, 5) is 0. The van der Waals surface area contributed by atoms with Crippen LogP contribution < -0.4 is 10.1 Å². The summed E-state index contributed by atoms with van der Waals surface area (Å²) < 4.78 is 5.96. The van der Waals surface area contributed by atoms with Crippen LogP contribution in [0.1, 0.15) is 22.3 Å². The fraction of sp³-hybridized carbons (Fsp3) is 0.182. The molecular weight excluding hydrogens is 294 g/mol. The molecule has 0 spiro atoms. The molecule has 2 heteroatoms. The minimum absolute atomic E-state index is 0.853. The molecular formula is C22H23NO. The Kier molecular flexibility index (Phi) is 4.57. The van der Waals surface area contributed by atoms with E-state index in [1.807, 2.05) is 30.3 Å². The number of hydrogen-bond acceptors (Lipinski definition) is 2. The van der Waals surface area contributed by atoms with Crippen LogP contribution >= 0.6 is 0 Å². The molecule has 0 aromatic heterocycles. The lowest BCUT2D eigenvalue weighted by molar-refractivity contribution is 0.482. The summed E-state index contributed by atoms with van der Waals surface area (Å²) in [6.07, 6.45) is 0. The molecule has 0 atom stereocenters. The van der Waals surface area contributed by atoms with Gasteiger partial charge in [-0.25, -0.2) is 0 Å².